The second kappa shape index (κ2) is 7.34. The van der Waals surface area contributed by atoms with Crippen molar-refractivity contribution in [1.29, 1.82) is 0 Å². The fraction of sp³-hybridized carbons (Fsp3) is 0.706. The van der Waals surface area contributed by atoms with Gasteiger partial charge in [0.25, 0.3) is 5.56 Å². The maximum absolute atomic E-state index is 12.7. The van der Waals surface area contributed by atoms with Gasteiger partial charge < -0.3 is 14.8 Å². The monoisotopic (exact) mass is 365 g/mol. The Morgan fingerprint density at radius 3 is 2.62 bits per heavy atom. The third-order valence-corrected chi connectivity index (χ3v) is 5.32. The zero-order valence-corrected chi connectivity index (χ0v) is 15.6. The number of fused-ring (bicyclic) bond motifs is 1. The Balaban J connectivity index is 2.16. The van der Waals surface area contributed by atoms with Crippen LogP contribution in [0.3, 0.4) is 0 Å². The van der Waals surface area contributed by atoms with E-state index in [-0.39, 0.29) is 12.1 Å². The van der Waals surface area contributed by atoms with Crippen LogP contribution in [0.5, 0.6) is 0 Å². The first-order chi connectivity index (χ1) is 12.3. The summed E-state index contributed by atoms with van der Waals surface area (Å²) in [7, 11) is 3.01. The van der Waals surface area contributed by atoms with Crippen molar-refractivity contribution < 1.29 is 10.2 Å². The van der Waals surface area contributed by atoms with Gasteiger partial charge in [-0.2, -0.15) is 0 Å². The number of aryl methyl sites for hydroxylation is 1. The van der Waals surface area contributed by atoms with Gasteiger partial charge in [0.15, 0.2) is 11.2 Å². The number of imidazole rings is 1. The molecule has 0 radical (unpaired) electrons. The smallest absolute Gasteiger partial charge is 0.332 e. The van der Waals surface area contributed by atoms with Gasteiger partial charge in [-0.1, -0.05) is 6.42 Å². The molecule has 0 aliphatic carbocycles. The summed E-state index contributed by atoms with van der Waals surface area (Å²) >= 11 is 0. The molecule has 1 aliphatic rings. The van der Waals surface area contributed by atoms with Crippen LogP contribution in [0.25, 0.3) is 11.2 Å². The Labute approximate surface area is 151 Å². The van der Waals surface area contributed by atoms with Gasteiger partial charge in [-0.05, 0) is 26.3 Å². The Morgan fingerprint density at radius 2 is 1.96 bits per heavy atom. The van der Waals surface area contributed by atoms with E-state index < -0.39 is 24.0 Å². The minimum Gasteiger partial charge on any atom is -0.394 e. The molecule has 0 saturated carbocycles. The summed E-state index contributed by atoms with van der Waals surface area (Å²) in [6.07, 6.45) is 2.42. The lowest BCUT2D eigenvalue weighted by Gasteiger charge is -2.33. The zero-order valence-electron chi connectivity index (χ0n) is 15.6. The van der Waals surface area contributed by atoms with E-state index in [4.69, 9.17) is 0 Å². The number of likely N-dealkylation sites (tertiary alicyclic amines) is 1. The third kappa shape index (κ3) is 3.22. The van der Waals surface area contributed by atoms with Gasteiger partial charge in [-0.25, -0.2) is 9.78 Å². The Hall–Kier alpha value is -1.97. The highest BCUT2D eigenvalue weighted by Gasteiger charge is 2.24. The molecule has 2 N–H and O–H groups in total. The highest BCUT2D eigenvalue weighted by Crippen LogP contribution is 2.20. The van der Waals surface area contributed by atoms with Crippen LogP contribution in [0.1, 0.15) is 32.0 Å². The minimum atomic E-state index is -1.01. The van der Waals surface area contributed by atoms with E-state index in [1.807, 2.05) is 0 Å². The summed E-state index contributed by atoms with van der Waals surface area (Å²) in [5, 5.41) is 19.2. The van der Waals surface area contributed by atoms with Crippen molar-refractivity contribution in [1.82, 2.24) is 23.6 Å². The Kier molecular flexibility index (Phi) is 5.31. The highest BCUT2D eigenvalue weighted by atomic mass is 16.3. The lowest BCUT2D eigenvalue weighted by atomic mass is 10.0. The summed E-state index contributed by atoms with van der Waals surface area (Å²) in [6.45, 7) is 3.29. The quantitative estimate of drug-likeness (QED) is 0.716. The molecule has 0 aromatic carbocycles. The van der Waals surface area contributed by atoms with Gasteiger partial charge >= 0.3 is 5.69 Å². The molecule has 3 heterocycles. The zero-order chi connectivity index (χ0) is 19.0. The van der Waals surface area contributed by atoms with Crippen LogP contribution < -0.4 is 11.2 Å². The molecule has 0 unspecified atom stereocenters. The molecule has 2 atom stereocenters. The van der Waals surface area contributed by atoms with E-state index in [2.05, 4.69) is 16.8 Å². The Morgan fingerprint density at radius 1 is 1.23 bits per heavy atom. The van der Waals surface area contributed by atoms with E-state index in [1.165, 1.54) is 18.0 Å². The number of piperidine rings is 1. The molecule has 3 rings (SSSR count). The standard InChI is InChI=1S/C17H27N5O4/c1-11-6-4-5-7-21(11)9-13-18-15-14(22(13)8-12(24)10-23)16(25)20(3)17(26)19(15)2/h11-12,23-24H,4-10H2,1-3H3/t11-,12-/m0/s1. The number of aliphatic hydroxyl groups is 2. The number of hydrogen-bond acceptors (Lipinski definition) is 6. The first-order valence-electron chi connectivity index (χ1n) is 9.03. The van der Waals surface area contributed by atoms with Crippen LogP contribution in [-0.2, 0) is 27.2 Å². The van der Waals surface area contributed by atoms with E-state index in [0.717, 1.165) is 24.0 Å². The van der Waals surface area contributed by atoms with Crippen molar-refractivity contribution in [2.75, 3.05) is 13.2 Å². The van der Waals surface area contributed by atoms with Crippen molar-refractivity contribution in [2.45, 2.75) is 51.4 Å². The van der Waals surface area contributed by atoms with E-state index in [0.29, 0.717) is 24.1 Å². The molecule has 1 saturated heterocycles. The maximum atomic E-state index is 12.7. The molecular weight excluding hydrogens is 338 g/mol. The molecule has 1 aliphatic heterocycles. The van der Waals surface area contributed by atoms with Crippen molar-refractivity contribution >= 4 is 11.2 Å². The number of aliphatic hydroxyl groups excluding tert-OH is 2. The van der Waals surface area contributed by atoms with Crippen molar-refractivity contribution in [2.24, 2.45) is 14.1 Å². The maximum Gasteiger partial charge on any atom is 0.332 e. The summed E-state index contributed by atoms with van der Waals surface area (Å²) in [4.78, 5) is 31.8. The average Bonchev–Trinajstić information content (AvgIpc) is 2.98. The van der Waals surface area contributed by atoms with Gasteiger partial charge in [0.2, 0.25) is 0 Å². The lowest BCUT2D eigenvalue weighted by Crippen LogP contribution is -2.38. The SMILES string of the molecule is C[C@H]1CCCCN1Cc1nc2c(c(=O)n(C)c(=O)n2C)n1C[C@H](O)CO. The normalized spacial score (nSPS) is 20.0. The third-order valence-electron chi connectivity index (χ3n) is 5.32. The predicted octanol–water partition coefficient (Wildman–Crippen LogP) is -0.839. The largest absolute Gasteiger partial charge is 0.394 e. The van der Waals surface area contributed by atoms with Crippen molar-refractivity contribution in [3.05, 3.63) is 26.7 Å². The summed E-state index contributed by atoms with van der Waals surface area (Å²) in [5.74, 6) is 0.625. The molecule has 9 heteroatoms. The number of hydrogen-bond donors (Lipinski definition) is 2. The summed E-state index contributed by atoms with van der Waals surface area (Å²) < 4.78 is 4.04. The molecule has 0 spiro atoms. The number of aromatic nitrogens is 4. The first kappa shape index (κ1) is 18.8. The van der Waals surface area contributed by atoms with Crippen LogP contribution in [0, 0.1) is 0 Å². The first-order valence-corrected chi connectivity index (χ1v) is 9.03. The molecule has 1 fully saturated rings. The van der Waals surface area contributed by atoms with E-state index in [9.17, 15) is 19.8 Å². The molecule has 0 amide bonds. The van der Waals surface area contributed by atoms with Crippen molar-refractivity contribution in [3.8, 4) is 0 Å². The molecule has 144 valence electrons. The molecule has 2 aromatic rings. The second-order valence-corrected chi connectivity index (χ2v) is 7.17. The van der Waals surface area contributed by atoms with E-state index >= 15 is 0 Å². The summed E-state index contributed by atoms with van der Waals surface area (Å²) in [6, 6.07) is 0.409. The van der Waals surface area contributed by atoms with Crippen LogP contribution in [-0.4, -0.2) is 59.1 Å². The second-order valence-electron chi connectivity index (χ2n) is 7.17. The molecule has 2 aromatic heterocycles. The van der Waals surface area contributed by atoms with Gasteiger partial charge in [-0.3, -0.25) is 18.8 Å². The highest BCUT2D eigenvalue weighted by molar-refractivity contribution is 5.71. The van der Waals surface area contributed by atoms with Gasteiger partial charge in [0.1, 0.15) is 5.82 Å². The molecular formula is C17H27N5O4. The van der Waals surface area contributed by atoms with E-state index in [1.54, 1.807) is 11.6 Å². The fourth-order valence-corrected chi connectivity index (χ4v) is 3.65. The van der Waals surface area contributed by atoms with Gasteiger partial charge in [0.05, 0.1) is 25.8 Å². The molecule has 26 heavy (non-hydrogen) atoms. The lowest BCUT2D eigenvalue weighted by molar-refractivity contribution is 0.0796. The number of rotatable bonds is 5. The number of nitrogens with zero attached hydrogens (tertiary/aromatic N) is 5. The fourth-order valence-electron chi connectivity index (χ4n) is 3.65. The van der Waals surface area contributed by atoms with Gasteiger partial charge in [0, 0.05) is 20.1 Å². The van der Waals surface area contributed by atoms with Crippen LogP contribution in [0.4, 0.5) is 0 Å². The average molecular weight is 365 g/mol. The minimum absolute atomic E-state index is 0.0536. The topological polar surface area (TPSA) is 106 Å². The Bertz CT molecular complexity index is 912. The molecule has 9 nitrogen and oxygen atoms in total. The molecule has 0 bridgehead atoms. The van der Waals surface area contributed by atoms with Crippen LogP contribution >= 0.6 is 0 Å². The van der Waals surface area contributed by atoms with Crippen LogP contribution in [0.15, 0.2) is 9.59 Å². The van der Waals surface area contributed by atoms with Crippen molar-refractivity contribution in [3.63, 3.8) is 0 Å². The van der Waals surface area contributed by atoms with Crippen LogP contribution in [0.2, 0.25) is 0 Å². The van der Waals surface area contributed by atoms with Gasteiger partial charge in [-0.15, -0.1) is 0 Å². The predicted molar refractivity (Wildman–Crippen MR) is 97.0 cm³/mol. The summed E-state index contributed by atoms with van der Waals surface area (Å²) in [5.41, 5.74) is -0.295.